The first-order valence-corrected chi connectivity index (χ1v) is 30.3. The number of carbonyl (C=O) groups excluding carboxylic acids is 3. The second kappa shape index (κ2) is 63.0. The third-order valence-electron chi connectivity index (χ3n) is 11.9. The summed E-state index contributed by atoms with van der Waals surface area (Å²) in [7, 11) is 0. The monoisotopic (exact) mass is 1060 g/mol. The molecular weight excluding hydrogens is 949 g/mol. The van der Waals surface area contributed by atoms with Crippen LogP contribution >= 0.6 is 0 Å². The minimum absolute atomic E-state index is 0.110. The topological polar surface area (TPSA) is 78.9 Å². The van der Waals surface area contributed by atoms with Crippen LogP contribution in [0.2, 0.25) is 0 Å². The molecule has 428 valence electrons. The Hall–Kier alpha value is -5.49. The van der Waals surface area contributed by atoms with Gasteiger partial charge in [-0.25, -0.2) is 0 Å². The summed E-state index contributed by atoms with van der Waals surface area (Å²) in [5.74, 6) is -1.11. The summed E-state index contributed by atoms with van der Waals surface area (Å²) >= 11 is 0. The molecule has 0 radical (unpaired) electrons. The van der Waals surface area contributed by atoms with E-state index in [0.717, 1.165) is 161 Å². The van der Waals surface area contributed by atoms with E-state index in [4.69, 9.17) is 14.2 Å². The van der Waals surface area contributed by atoms with E-state index in [2.05, 4.69) is 191 Å². The van der Waals surface area contributed by atoms with Crippen LogP contribution in [0.15, 0.2) is 182 Å². The van der Waals surface area contributed by atoms with Gasteiger partial charge in [-0.05, 0) is 135 Å². The molecule has 0 aliphatic heterocycles. The van der Waals surface area contributed by atoms with Gasteiger partial charge in [-0.3, -0.25) is 14.4 Å². The summed E-state index contributed by atoms with van der Waals surface area (Å²) in [6, 6.07) is 0. The molecule has 6 nitrogen and oxygen atoms in total. The molecule has 0 spiro atoms. The Labute approximate surface area is 472 Å². The summed E-state index contributed by atoms with van der Waals surface area (Å²) in [5.41, 5.74) is 0. The van der Waals surface area contributed by atoms with Crippen LogP contribution < -0.4 is 0 Å². The quantitative estimate of drug-likeness (QED) is 0.0261. The van der Waals surface area contributed by atoms with Gasteiger partial charge >= 0.3 is 17.9 Å². The Morgan fingerprint density at radius 2 is 0.519 bits per heavy atom. The highest BCUT2D eigenvalue weighted by atomic mass is 16.6. The number of carbonyl (C=O) groups is 3. The summed E-state index contributed by atoms with van der Waals surface area (Å²) < 4.78 is 16.8. The van der Waals surface area contributed by atoms with Crippen LogP contribution in [0.1, 0.15) is 226 Å². The fourth-order valence-electron chi connectivity index (χ4n) is 7.51. The zero-order chi connectivity index (χ0) is 55.7. The number of ether oxygens (including phenoxy) is 3. The lowest BCUT2D eigenvalue weighted by Crippen LogP contribution is -2.30. The van der Waals surface area contributed by atoms with E-state index < -0.39 is 12.1 Å². The molecule has 77 heavy (non-hydrogen) atoms. The largest absolute Gasteiger partial charge is 0.462 e. The number of esters is 3. The highest BCUT2D eigenvalue weighted by Gasteiger charge is 2.19. The Morgan fingerprint density at radius 3 is 0.844 bits per heavy atom. The van der Waals surface area contributed by atoms with E-state index in [1.807, 2.05) is 6.08 Å². The van der Waals surface area contributed by atoms with E-state index in [1.54, 1.807) is 6.08 Å². The second-order valence-corrected chi connectivity index (χ2v) is 19.1. The summed E-state index contributed by atoms with van der Waals surface area (Å²) in [6.07, 6.45) is 94.8. The molecule has 0 saturated carbocycles. The maximum absolute atomic E-state index is 12.9. The SMILES string of the molecule is CC/C=C\C/C=C\C/C=C\C/C=C\C/C=C\C/C=C\CCCCCCC(=O)OCC(COC(=O)C/C=C\C/C=C\C/C=C\C/C=C\C/C=C\CC)OC(=O)CCCCCCCCCC/C=C\C/C=C\C/C=C\C/C=C\CC. The highest BCUT2D eigenvalue weighted by molar-refractivity contribution is 5.72. The van der Waals surface area contributed by atoms with Crippen molar-refractivity contribution in [1.82, 2.24) is 0 Å². The first kappa shape index (κ1) is 71.5. The predicted octanol–water partition coefficient (Wildman–Crippen LogP) is 20.9. The lowest BCUT2D eigenvalue weighted by atomic mass is 10.1. The molecule has 1 atom stereocenters. The molecular formula is C71H108O6. The Kier molecular flexibility index (Phi) is 58.6. The van der Waals surface area contributed by atoms with Crippen molar-refractivity contribution in [2.24, 2.45) is 0 Å². The molecule has 0 aromatic carbocycles. The number of hydrogen-bond donors (Lipinski definition) is 0. The second-order valence-electron chi connectivity index (χ2n) is 19.1. The molecule has 0 aliphatic rings. The van der Waals surface area contributed by atoms with Crippen molar-refractivity contribution in [2.45, 2.75) is 232 Å². The molecule has 0 fully saturated rings. The molecule has 0 amide bonds. The number of hydrogen-bond acceptors (Lipinski definition) is 6. The van der Waals surface area contributed by atoms with Crippen molar-refractivity contribution in [3.63, 3.8) is 0 Å². The molecule has 0 aromatic heterocycles. The predicted molar refractivity (Wildman–Crippen MR) is 334 cm³/mol. The average molecular weight is 1060 g/mol. The van der Waals surface area contributed by atoms with Crippen LogP contribution in [0, 0.1) is 0 Å². The van der Waals surface area contributed by atoms with E-state index in [-0.39, 0.29) is 38.0 Å². The molecule has 0 rings (SSSR count). The van der Waals surface area contributed by atoms with E-state index >= 15 is 0 Å². The van der Waals surface area contributed by atoms with Gasteiger partial charge in [-0.1, -0.05) is 254 Å². The maximum Gasteiger partial charge on any atom is 0.309 e. The van der Waals surface area contributed by atoms with Gasteiger partial charge in [0.05, 0.1) is 6.42 Å². The molecule has 0 bridgehead atoms. The molecule has 0 N–H and O–H groups in total. The van der Waals surface area contributed by atoms with E-state index in [0.29, 0.717) is 6.42 Å². The number of allylic oxidation sites excluding steroid dienone is 29. The molecule has 0 aliphatic carbocycles. The standard InChI is InChI=1S/C71H108O6/c1-4-7-10-13-16-19-22-25-28-30-32-34-35-37-38-40-43-46-49-52-55-58-61-64-70(73)76-67-68(66-75-69(72)63-60-57-54-51-48-45-42-27-24-21-18-15-12-9-6-3)77-71(74)65-62-59-56-53-50-47-44-41-39-36-33-31-29-26-23-20-17-14-11-8-5-2/h7-12,16-21,25-29,32-34,36-38,42-43,46,48,51,57,60,68H,4-6,13-15,22-24,30-31,35,39-41,44-45,47,49-50,52-56,58-59,61-67H2,1-3H3/b10-7-,11-8-,12-9-,19-16-,20-17-,21-18-,28-25-,29-26-,34-32-,36-33-,38-37-,42-27-,46-43-,51-48-,60-57-. The van der Waals surface area contributed by atoms with Crippen LogP contribution in [0.25, 0.3) is 0 Å². The van der Waals surface area contributed by atoms with E-state index in [9.17, 15) is 14.4 Å². The van der Waals surface area contributed by atoms with Crippen molar-refractivity contribution in [3.05, 3.63) is 182 Å². The van der Waals surface area contributed by atoms with Gasteiger partial charge in [0, 0.05) is 12.8 Å². The van der Waals surface area contributed by atoms with Crippen molar-refractivity contribution in [3.8, 4) is 0 Å². The van der Waals surface area contributed by atoms with Crippen LogP contribution in [0.3, 0.4) is 0 Å². The number of unbranched alkanes of at least 4 members (excludes halogenated alkanes) is 12. The minimum atomic E-state index is -0.846. The minimum Gasteiger partial charge on any atom is -0.462 e. The maximum atomic E-state index is 12.9. The van der Waals surface area contributed by atoms with Gasteiger partial charge in [-0.2, -0.15) is 0 Å². The fraction of sp³-hybridized carbons (Fsp3) is 0.535. The van der Waals surface area contributed by atoms with Crippen LogP contribution in [-0.2, 0) is 28.6 Å². The van der Waals surface area contributed by atoms with Crippen LogP contribution in [0.4, 0.5) is 0 Å². The third kappa shape index (κ3) is 61.2. The molecule has 0 saturated heterocycles. The summed E-state index contributed by atoms with van der Waals surface area (Å²) in [5, 5.41) is 0. The first-order valence-electron chi connectivity index (χ1n) is 30.3. The molecule has 6 heteroatoms. The van der Waals surface area contributed by atoms with Crippen molar-refractivity contribution < 1.29 is 28.6 Å². The summed E-state index contributed by atoms with van der Waals surface area (Å²) in [4.78, 5) is 38.2. The Morgan fingerprint density at radius 1 is 0.273 bits per heavy atom. The van der Waals surface area contributed by atoms with Gasteiger partial charge in [0.15, 0.2) is 6.10 Å². The summed E-state index contributed by atoms with van der Waals surface area (Å²) in [6.45, 7) is 6.17. The number of rotatable bonds is 52. The molecule has 0 heterocycles. The zero-order valence-electron chi connectivity index (χ0n) is 48.9. The van der Waals surface area contributed by atoms with Gasteiger partial charge in [0.1, 0.15) is 13.2 Å². The molecule has 1 unspecified atom stereocenters. The molecule has 0 aromatic rings. The smallest absolute Gasteiger partial charge is 0.309 e. The van der Waals surface area contributed by atoms with Gasteiger partial charge in [-0.15, -0.1) is 0 Å². The Balaban J connectivity index is 4.57. The van der Waals surface area contributed by atoms with Gasteiger partial charge < -0.3 is 14.2 Å². The Bertz CT molecular complexity index is 1840. The average Bonchev–Trinajstić information content (AvgIpc) is 3.43. The van der Waals surface area contributed by atoms with Crippen molar-refractivity contribution in [2.75, 3.05) is 13.2 Å². The van der Waals surface area contributed by atoms with E-state index in [1.165, 1.54) is 25.7 Å². The third-order valence-corrected chi connectivity index (χ3v) is 11.9. The van der Waals surface area contributed by atoms with Crippen LogP contribution in [-0.4, -0.2) is 37.2 Å². The highest BCUT2D eigenvalue weighted by Crippen LogP contribution is 2.13. The lowest BCUT2D eigenvalue weighted by molar-refractivity contribution is -0.166. The normalized spacial score (nSPS) is 13.4. The first-order chi connectivity index (χ1) is 38.0. The van der Waals surface area contributed by atoms with Gasteiger partial charge in [0.25, 0.3) is 0 Å². The van der Waals surface area contributed by atoms with Crippen LogP contribution in [0.5, 0.6) is 0 Å². The fourth-order valence-corrected chi connectivity index (χ4v) is 7.51. The zero-order valence-corrected chi connectivity index (χ0v) is 48.9. The lowest BCUT2D eigenvalue weighted by Gasteiger charge is -2.18. The van der Waals surface area contributed by atoms with Crippen molar-refractivity contribution >= 4 is 17.9 Å². The van der Waals surface area contributed by atoms with Crippen molar-refractivity contribution in [1.29, 1.82) is 0 Å². The van der Waals surface area contributed by atoms with Gasteiger partial charge in [0.2, 0.25) is 0 Å².